The number of halogens is 2. The standard InChI is InChI=1S/C28H25ClFN7/c1-2-24(17-6-4-3-5-7-17)35-26-19(14-31)15-32-28-22(26)12-21(13-23(28)29)34-27(25-16-33-37-36-25)18-8-10-20(30)11-9-18/h3-13,15-16,24,27,33-34,36-37H,2H2,1H3,(H,32,35)/t24-,27+/m1/s1. The molecule has 0 saturated carbocycles. The van der Waals surface area contributed by atoms with Crippen LogP contribution < -0.4 is 27.0 Å². The molecule has 9 heteroatoms. The summed E-state index contributed by atoms with van der Waals surface area (Å²) in [5.41, 5.74) is 14.0. The highest BCUT2D eigenvalue weighted by molar-refractivity contribution is 6.35. The Morgan fingerprint density at radius 1 is 1.05 bits per heavy atom. The molecule has 2 atom stereocenters. The molecule has 0 saturated heterocycles. The van der Waals surface area contributed by atoms with E-state index in [-0.39, 0.29) is 17.9 Å². The van der Waals surface area contributed by atoms with Crippen LogP contribution in [0.2, 0.25) is 5.02 Å². The molecule has 3 aromatic carbocycles. The van der Waals surface area contributed by atoms with Gasteiger partial charge in [0.15, 0.2) is 0 Å². The summed E-state index contributed by atoms with van der Waals surface area (Å²) in [4.78, 5) is 4.48. The molecule has 0 spiro atoms. The number of hydrazine groups is 2. The third kappa shape index (κ3) is 5.14. The highest BCUT2D eigenvalue weighted by Gasteiger charge is 2.22. The summed E-state index contributed by atoms with van der Waals surface area (Å²) in [6, 6.07) is 22.1. The first-order chi connectivity index (χ1) is 18.1. The van der Waals surface area contributed by atoms with Crippen LogP contribution in [0.25, 0.3) is 10.9 Å². The number of rotatable bonds is 8. The van der Waals surface area contributed by atoms with Crippen LogP contribution in [0.5, 0.6) is 0 Å². The Morgan fingerprint density at radius 3 is 2.51 bits per heavy atom. The number of aromatic nitrogens is 1. The molecular formula is C28H25ClFN7. The highest BCUT2D eigenvalue weighted by Crippen LogP contribution is 2.37. The van der Waals surface area contributed by atoms with Crippen molar-refractivity contribution in [2.24, 2.45) is 0 Å². The highest BCUT2D eigenvalue weighted by atomic mass is 35.5. The predicted octanol–water partition coefficient (Wildman–Crippen LogP) is 6.07. The summed E-state index contributed by atoms with van der Waals surface area (Å²) in [5.74, 6) is -0.310. The van der Waals surface area contributed by atoms with Crippen molar-refractivity contribution in [3.8, 4) is 6.07 Å². The van der Waals surface area contributed by atoms with Gasteiger partial charge in [-0.1, -0.05) is 61.0 Å². The number of benzene rings is 3. The number of nitrogens with one attached hydrogen (secondary N) is 5. The topological polar surface area (TPSA) is 96.8 Å². The van der Waals surface area contributed by atoms with Crippen LogP contribution in [0.3, 0.4) is 0 Å². The van der Waals surface area contributed by atoms with Gasteiger partial charge in [-0.05, 0) is 41.8 Å². The molecule has 2 heterocycles. The molecule has 0 unspecified atom stereocenters. The van der Waals surface area contributed by atoms with Crippen molar-refractivity contribution in [1.29, 1.82) is 5.26 Å². The summed E-state index contributed by atoms with van der Waals surface area (Å²) in [7, 11) is 0. The Bertz CT molecular complexity index is 1480. The molecule has 0 aliphatic carbocycles. The van der Waals surface area contributed by atoms with Gasteiger partial charge < -0.3 is 21.5 Å². The lowest BCUT2D eigenvalue weighted by atomic mass is 10.0. The number of nitriles is 1. The predicted molar refractivity (Wildman–Crippen MR) is 145 cm³/mol. The smallest absolute Gasteiger partial charge is 0.123 e. The quantitative estimate of drug-likeness (QED) is 0.195. The molecule has 0 radical (unpaired) electrons. The SMILES string of the molecule is CC[C@@H](Nc1c(C#N)cnc2c(Cl)cc(N[C@H](C3=CNNN3)c3ccc(F)cc3)cc12)c1ccccc1. The zero-order valence-corrected chi connectivity index (χ0v) is 20.8. The second-order valence-corrected chi connectivity index (χ2v) is 9.06. The van der Waals surface area contributed by atoms with Crippen molar-refractivity contribution in [2.45, 2.75) is 25.4 Å². The van der Waals surface area contributed by atoms with Crippen molar-refractivity contribution in [3.63, 3.8) is 0 Å². The molecule has 7 nitrogen and oxygen atoms in total. The molecule has 0 amide bonds. The van der Waals surface area contributed by atoms with Crippen LogP contribution in [0.1, 0.15) is 42.1 Å². The van der Waals surface area contributed by atoms with Gasteiger partial charge in [0.1, 0.15) is 11.9 Å². The number of nitrogens with zero attached hydrogens (tertiary/aromatic N) is 2. The fourth-order valence-corrected chi connectivity index (χ4v) is 4.71. The number of hydrogen-bond acceptors (Lipinski definition) is 7. The maximum absolute atomic E-state index is 13.6. The second-order valence-electron chi connectivity index (χ2n) is 8.65. The lowest BCUT2D eigenvalue weighted by Gasteiger charge is -2.23. The molecule has 1 aromatic heterocycles. The van der Waals surface area contributed by atoms with Crippen molar-refractivity contribution in [1.82, 2.24) is 21.4 Å². The Labute approximate surface area is 219 Å². The number of pyridine rings is 1. The van der Waals surface area contributed by atoms with E-state index in [2.05, 4.69) is 57.1 Å². The molecule has 5 N–H and O–H groups in total. The van der Waals surface area contributed by atoms with E-state index in [0.29, 0.717) is 27.5 Å². The summed E-state index contributed by atoms with van der Waals surface area (Å²) < 4.78 is 13.6. The van der Waals surface area contributed by atoms with Crippen molar-refractivity contribution in [2.75, 3.05) is 10.6 Å². The molecule has 186 valence electrons. The van der Waals surface area contributed by atoms with Crippen molar-refractivity contribution < 1.29 is 4.39 Å². The maximum Gasteiger partial charge on any atom is 0.123 e. The Morgan fingerprint density at radius 2 is 1.84 bits per heavy atom. The van der Waals surface area contributed by atoms with E-state index < -0.39 is 0 Å². The van der Waals surface area contributed by atoms with Crippen LogP contribution in [0, 0.1) is 17.1 Å². The third-order valence-corrected chi connectivity index (χ3v) is 6.59. The molecule has 1 aliphatic heterocycles. The average molecular weight is 514 g/mol. The molecule has 4 aromatic rings. The Hall–Kier alpha value is -4.32. The van der Waals surface area contributed by atoms with E-state index in [1.165, 1.54) is 12.1 Å². The Balaban J connectivity index is 1.58. The van der Waals surface area contributed by atoms with Gasteiger partial charge in [-0.3, -0.25) is 4.98 Å². The summed E-state index contributed by atoms with van der Waals surface area (Å²) in [6.07, 6.45) is 4.15. The average Bonchev–Trinajstić information content (AvgIpc) is 3.46. The molecule has 1 aliphatic rings. The first kappa shape index (κ1) is 24.4. The third-order valence-electron chi connectivity index (χ3n) is 6.31. The van der Waals surface area contributed by atoms with Gasteiger partial charge in [0.05, 0.1) is 39.6 Å². The second kappa shape index (κ2) is 10.7. The molecular weight excluding hydrogens is 489 g/mol. The van der Waals surface area contributed by atoms with Crippen LogP contribution in [-0.2, 0) is 0 Å². The summed E-state index contributed by atoms with van der Waals surface area (Å²) >= 11 is 6.71. The van der Waals surface area contributed by atoms with Gasteiger partial charge in [0.2, 0.25) is 0 Å². The van der Waals surface area contributed by atoms with Gasteiger partial charge in [-0.2, -0.15) is 10.8 Å². The van der Waals surface area contributed by atoms with E-state index in [1.807, 2.05) is 24.3 Å². The first-order valence-electron chi connectivity index (χ1n) is 11.9. The van der Waals surface area contributed by atoms with Gasteiger partial charge >= 0.3 is 0 Å². The minimum Gasteiger partial charge on any atom is -0.377 e. The largest absolute Gasteiger partial charge is 0.377 e. The van der Waals surface area contributed by atoms with Gasteiger partial charge in [-0.15, -0.1) is 0 Å². The lowest BCUT2D eigenvalue weighted by Crippen LogP contribution is -2.33. The van der Waals surface area contributed by atoms with Crippen LogP contribution in [-0.4, -0.2) is 4.98 Å². The van der Waals surface area contributed by atoms with Gasteiger partial charge in [0.25, 0.3) is 0 Å². The Kier molecular flexibility index (Phi) is 7.08. The maximum atomic E-state index is 13.6. The minimum atomic E-state index is -0.340. The lowest BCUT2D eigenvalue weighted by molar-refractivity contribution is 0.582. The fourth-order valence-electron chi connectivity index (χ4n) is 4.44. The number of hydrogen-bond donors (Lipinski definition) is 5. The van der Waals surface area contributed by atoms with E-state index in [4.69, 9.17) is 11.6 Å². The van der Waals surface area contributed by atoms with E-state index >= 15 is 0 Å². The number of fused-ring (bicyclic) bond motifs is 1. The zero-order chi connectivity index (χ0) is 25.8. The van der Waals surface area contributed by atoms with Crippen molar-refractivity contribution >= 4 is 33.9 Å². The van der Waals surface area contributed by atoms with Crippen LogP contribution in [0.4, 0.5) is 15.8 Å². The summed E-state index contributed by atoms with van der Waals surface area (Å²) in [5, 5.41) is 18.1. The number of anilines is 2. The molecule has 37 heavy (non-hydrogen) atoms. The van der Waals surface area contributed by atoms with Crippen LogP contribution in [0.15, 0.2) is 84.8 Å². The van der Waals surface area contributed by atoms with E-state index in [1.54, 1.807) is 30.6 Å². The fraction of sp³-hybridized carbons (Fsp3) is 0.143. The van der Waals surface area contributed by atoms with Crippen LogP contribution >= 0.6 is 11.6 Å². The summed E-state index contributed by atoms with van der Waals surface area (Å²) in [6.45, 7) is 2.09. The van der Waals surface area contributed by atoms with E-state index in [9.17, 15) is 9.65 Å². The molecule has 0 bridgehead atoms. The minimum absolute atomic E-state index is 0.00810. The van der Waals surface area contributed by atoms with Gasteiger partial charge in [-0.25, -0.2) is 4.39 Å². The monoisotopic (exact) mass is 513 g/mol. The van der Waals surface area contributed by atoms with Gasteiger partial charge in [0, 0.05) is 23.5 Å². The zero-order valence-electron chi connectivity index (χ0n) is 20.0. The molecule has 0 fully saturated rings. The normalized spacial score (nSPS) is 14.2. The molecule has 5 rings (SSSR count). The van der Waals surface area contributed by atoms with Crippen molar-refractivity contribution in [3.05, 3.63) is 112 Å². The first-order valence-corrected chi connectivity index (χ1v) is 12.3. The van der Waals surface area contributed by atoms with E-state index in [0.717, 1.165) is 28.6 Å².